The minimum absolute atomic E-state index is 0.0900. The van der Waals surface area contributed by atoms with Crippen molar-refractivity contribution in [2.75, 3.05) is 0 Å². The van der Waals surface area contributed by atoms with Crippen molar-refractivity contribution in [2.24, 2.45) is 0 Å². The van der Waals surface area contributed by atoms with Crippen LogP contribution in [0.25, 0.3) is 11.0 Å². The zero-order valence-corrected chi connectivity index (χ0v) is 16.2. The number of imidazole rings is 1. The lowest BCUT2D eigenvalue weighted by Crippen LogP contribution is -2.26. The van der Waals surface area contributed by atoms with E-state index in [1.807, 2.05) is 67.6 Å². The molecule has 28 heavy (non-hydrogen) atoms. The summed E-state index contributed by atoms with van der Waals surface area (Å²) in [5.41, 5.74) is 4.78. The zero-order valence-electron chi connectivity index (χ0n) is 15.4. The molecule has 0 saturated heterocycles. The predicted octanol–water partition coefficient (Wildman–Crippen LogP) is 4.74. The van der Waals surface area contributed by atoms with Gasteiger partial charge in [-0.05, 0) is 48.4 Å². The Morgan fingerprint density at radius 1 is 1.11 bits per heavy atom. The van der Waals surface area contributed by atoms with Crippen LogP contribution in [-0.4, -0.2) is 20.9 Å². The molecule has 2 N–H and O–H groups in total. The van der Waals surface area contributed by atoms with Crippen LogP contribution in [0.4, 0.5) is 0 Å². The van der Waals surface area contributed by atoms with Crippen molar-refractivity contribution >= 4 is 28.7 Å². The zero-order chi connectivity index (χ0) is 19.3. The van der Waals surface area contributed by atoms with E-state index in [9.17, 15) is 4.79 Å². The quantitative estimate of drug-likeness (QED) is 0.468. The number of carbonyl (C=O) groups excluding carboxylic acids is 1. The Balaban J connectivity index is 1.36. The first-order chi connectivity index (χ1) is 13.7. The molecular formula is C22H20N4OS. The third-order valence-electron chi connectivity index (χ3n) is 4.49. The maximum Gasteiger partial charge on any atom is 0.251 e. The number of nitrogens with zero attached hydrogens (tertiary/aromatic N) is 2. The molecule has 2 heterocycles. The molecule has 0 bridgehead atoms. The van der Waals surface area contributed by atoms with Gasteiger partial charge in [-0.1, -0.05) is 42.1 Å². The van der Waals surface area contributed by atoms with Gasteiger partial charge in [-0.15, -0.1) is 0 Å². The molecule has 0 aliphatic carbocycles. The van der Waals surface area contributed by atoms with Crippen molar-refractivity contribution in [3.05, 3.63) is 89.7 Å². The Bertz CT molecular complexity index is 1040. The molecule has 140 valence electrons. The van der Waals surface area contributed by atoms with Gasteiger partial charge >= 0.3 is 0 Å². The summed E-state index contributed by atoms with van der Waals surface area (Å²) < 4.78 is 0. The first-order valence-electron chi connectivity index (χ1n) is 9.06. The van der Waals surface area contributed by atoms with E-state index in [1.165, 1.54) is 0 Å². The summed E-state index contributed by atoms with van der Waals surface area (Å²) in [7, 11) is 0. The first-order valence-corrected chi connectivity index (χ1v) is 10.0. The highest BCUT2D eigenvalue weighted by Gasteiger charge is 2.11. The van der Waals surface area contributed by atoms with Crippen LogP contribution in [0.5, 0.6) is 0 Å². The molecule has 1 atom stereocenters. The lowest BCUT2D eigenvalue weighted by Gasteiger charge is -2.14. The van der Waals surface area contributed by atoms with Crippen molar-refractivity contribution in [3.63, 3.8) is 0 Å². The standard InChI is InChI=1S/C22H20N4OS/c1-15(18-5-4-12-23-13-18)24-21(27)17-10-8-16(9-11-17)14-28-22-25-19-6-2-3-7-20(19)26-22/h2-13,15H,14H2,1H3,(H,24,27)(H,25,26). The molecule has 0 saturated carbocycles. The lowest BCUT2D eigenvalue weighted by atomic mass is 10.1. The number of amides is 1. The molecule has 6 heteroatoms. The highest BCUT2D eigenvalue weighted by atomic mass is 32.2. The smallest absolute Gasteiger partial charge is 0.251 e. The van der Waals surface area contributed by atoms with Gasteiger partial charge in [0.25, 0.3) is 5.91 Å². The lowest BCUT2D eigenvalue weighted by molar-refractivity contribution is 0.0940. The normalized spacial score (nSPS) is 12.0. The van der Waals surface area contributed by atoms with E-state index >= 15 is 0 Å². The molecule has 0 radical (unpaired) electrons. The monoisotopic (exact) mass is 388 g/mol. The van der Waals surface area contributed by atoms with Crippen LogP contribution < -0.4 is 5.32 Å². The van der Waals surface area contributed by atoms with Crippen molar-refractivity contribution in [2.45, 2.75) is 23.9 Å². The number of hydrogen-bond acceptors (Lipinski definition) is 4. The number of H-pyrrole nitrogens is 1. The SMILES string of the molecule is CC(NC(=O)c1ccc(CSc2nc3ccccc3[nH]2)cc1)c1cccnc1. The number of pyridine rings is 1. The van der Waals surface area contributed by atoms with Gasteiger partial charge < -0.3 is 10.3 Å². The van der Waals surface area contributed by atoms with Gasteiger partial charge in [0.1, 0.15) is 0 Å². The summed E-state index contributed by atoms with van der Waals surface area (Å²) in [5.74, 6) is 0.696. The van der Waals surface area contributed by atoms with Gasteiger partial charge in [0.15, 0.2) is 5.16 Å². The van der Waals surface area contributed by atoms with Gasteiger partial charge in [0, 0.05) is 23.7 Å². The van der Waals surface area contributed by atoms with Gasteiger partial charge in [-0.25, -0.2) is 4.98 Å². The van der Waals surface area contributed by atoms with Gasteiger partial charge in [0.05, 0.1) is 17.1 Å². The molecule has 2 aromatic heterocycles. The van der Waals surface area contributed by atoms with Crippen LogP contribution in [0.3, 0.4) is 0 Å². The van der Waals surface area contributed by atoms with Crippen LogP contribution >= 0.6 is 11.8 Å². The van der Waals surface area contributed by atoms with Crippen molar-refractivity contribution in [1.82, 2.24) is 20.3 Å². The number of fused-ring (bicyclic) bond motifs is 1. The number of para-hydroxylation sites is 2. The summed E-state index contributed by atoms with van der Waals surface area (Å²) >= 11 is 1.65. The van der Waals surface area contributed by atoms with E-state index in [-0.39, 0.29) is 11.9 Å². The van der Waals surface area contributed by atoms with Gasteiger partial charge in [-0.2, -0.15) is 0 Å². The highest BCUT2D eigenvalue weighted by molar-refractivity contribution is 7.98. The van der Waals surface area contributed by atoms with Gasteiger partial charge in [0.2, 0.25) is 0 Å². The summed E-state index contributed by atoms with van der Waals surface area (Å²) in [5, 5.41) is 3.90. The second kappa shape index (κ2) is 8.27. The predicted molar refractivity (Wildman–Crippen MR) is 112 cm³/mol. The molecule has 1 amide bonds. The molecular weight excluding hydrogens is 368 g/mol. The number of thioether (sulfide) groups is 1. The Morgan fingerprint density at radius 3 is 2.68 bits per heavy atom. The molecule has 2 aromatic carbocycles. The molecule has 0 fully saturated rings. The van der Waals surface area contributed by atoms with Crippen molar-refractivity contribution in [3.8, 4) is 0 Å². The number of nitrogens with one attached hydrogen (secondary N) is 2. The van der Waals surface area contributed by atoms with Crippen LogP contribution in [0.2, 0.25) is 0 Å². The molecule has 0 aliphatic rings. The third-order valence-corrected chi connectivity index (χ3v) is 5.44. The molecule has 0 aliphatic heterocycles. The summed E-state index contributed by atoms with van der Waals surface area (Å²) in [4.78, 5) is 24.5. The number of aromatic amines is 1. The maximum atomic E-state index is 12.5. The van der Waals surface area contributed by atoms with E-state index < -0.39 is 0 Å². The number of aromatic nitrogens is 3. The molecule has 4 rings (SSSR count). The fourth-order valence-electron chi connectivity index (χ4n) is 2.90. The van der Waals surface area contributed by atoms with E-state index in [2.05, 4.69) is 20.3 Å². The topological polar surface area (TPSA) is 70.7 Å². The van der Waals surface area contributed by atoms with Crippen molar-refractivity contribution in [1.29, 1.82) is 0 Å². The van der Waals surface area contributed by atoms with Crippen LogP contribution in [0.1, 0.15) is 34.5 Å². The minimum Gasteiger partial charge on any atom is -0.345 e. The summed E-state index contributed by atoms with van der Waals surface area (Å²) in [6.45, 7) is 1.95. The Hall–Kier alpha value is -3.12. The third kappa shape index (κ3) is 4.23. The largest absolute Gasteiger partial charge is 0.345 e. The number of carbonyl (C=O) groups is 1. The summed E-state index contributed by atoms with van der Waals surface area (Å²) in [6.07, 6.45) is 3.49. The minimum atomic E-state index is -0.0930. The molecule has 1 unspecified atom stereocenters. The second-order valence-corrected chi connectivity index (χ2v) is 7.49. The molecule has 0 spiro atoms. The van der Waals surface area contributed by atoms with Crippen LogP contribution in [0.15, 0.2) is 78.2 Å². The van der Waals surface area contributed by atoms with E-state index in [1.54, 1.807) is 24.2 Å². The van der Waals surface area contributed by atoms with Gasteiger partial charge in [-0.3, -0.25) is 9.78 Å². The van der Waals surface area contributed by atoms with Crippen LogP contribution in [0, 0.1) is 0 Å². The van der Waals surface area contributed by atoms with Crippen LogP contribution in [-0.2, 0) is 5.75 Å². The Labute approximate surface area is 167 Å². The highest BCUT2D eigenvalue weighted by Crippen LogP contribution is 2.23. The van der Waals surface area contributed by atoms with E-state index in [4.69, 9.17) is 0 Å². The molecule has 4 aromatic rings. The average molecular weight is 388 g/mol. The Kier molecular flexibility index (Phi) is 5.39. The Morgan fingerprint density at radius 2 is 1.93 bits per heavy atom. The fourth-order valence-corrected chi connectivity index (χ4v) is 3.74. The average Bonchev–Trinajstić information content (AvgIpc) is 3.16. The second-order valence-electron chi connectivity index (χ2n) is 6.53. The molecule has 5 nitrogen and oxygen atoms in total. The number of rotatable bonds is 6. The number of hydrogen-bond donors (Lipinski definition) is 2. The van der Waals surface area contributed by atoms with E-state index in [0.29, 0.717) is 5.56 Å². The summed E-state index contributed by atoms with van der Waals surface area (Å²) in [6, 6.07) is 19.4. The first kappa shape index (κ1) is 18.3. The fraction of sp³-hybridized carbons (Fsp3) is 0.136. The number of benzene rings is 2. The van der Waals surface area contributed by atoms with Crippen molar-refractivity contribution < 1.29 is 4.79 Å². The van der Waals surface area contributed by atoms with E-state index in [0.717, 1.165) is 33.1 Å². The maximum absolute atomic E-state index is 12.5.